The predicted molar refractivity (Wildman–Crippen MR) is 67.8 cm³/mol. The van der Waals surface area contributed by atoms with Crippen molar-refractivity contribution in [1.82, 2.24) is 0 Å². The maximum absolute atomic E-state index is 5.62. The quantitative estimate of drug-likeness (QED) is 0.745. The summed E-state index contributed by atoms with van der Waals surface area (Å²) in [5.74, 6) is 0.953. The molecule has 0 aliphatic rings. The Kier molecular flexibility index (Phi) is 3.25. The highest BCUT2D eigenvalue weighted by Crippen LogP contribution is 2.29. The molecule has 1 heteroatoms. The number of aryl methyl sites for hydroxylation is 1. The molecule has 0 amide bonds. The van der Waals surface area contributed by atoms with Crippen LogP contribution in [0.1, 0.15) is 12.5 Å². The van der Waals surface area contributed by atoms with Gasteiger partial charge in [0.2, 0.25) is 0 Å². The van der Waals surface area contributed by atoms with E-state index in [1.807, 2.05) is 25.1 Å². The first-order valence-electron chi connectivity index (χ1n) is 5.60. The molecule has 0 radical (unpaired) electrons. The van der Waals surface area contributed by atoms with E-state index in [-0.39, 0.29) is 0 Å². The molecule has 0 aliphatic heterocycles. The van der Waals surface area contributed by atoms with E-state index in [2.05, 4.69) is 37.3 Å². The van der Waals surface area contributed by atoms with Gasteiger partial charge in [0.15, 0.2) is 0 Å². The SMILES string of the molecule is CCOc1ccccc1-c1ccc(C)cc1. The van der Waals surface area contributed by atoms with Crippen LogP contribution in [0.4, 0.5) is 0 Å². The average molecular weight is 212 g/mol. The first-order valence-corrected chi connectivity index (χ1v) is 5.60. The highest BCUT2D eigenvalue weighted by Gasteiger charge is 2.04. The largest absolute Gasteiger partial charge is 0.493 e. The van der Waals surface area contributed by atoms with Crippen molar-refractivity contribution in [3.63, 3.8) is 0 Å². The molecule has 0 saturated heterocycles. The maximum Gasteiger partial charge on any atom is 0.127 e. The first-order chi connectivity index (χ1) is 7.81. The van der Waals surface area contributed by atoms with Crippen LogP contribution in [0.2, 0.25) is 0 Å². The van der Waals surface area contributed by atoms with E-state index in [9.17, 15) is 0 Å². The Balaban J connectivity index is 2.42. The standard InChI is InChI=1S/C15H16O/c1-3-16-15-7-5-4-6-14(15)13-10-8-12(2)9-11-13/h4-11H,3H2,1-2H3. The lowest BCUT2D eigenvalue weighted by molar-refractivity contribution is 0.341. The minimum atomic E-state index is 0.697. The van der Waals surface area contributed by atoms with E-state index >= 15 is 0 Å². The molecule has 0 unspecified atom stereocenters. The highest BCUT2D eigenvalue weighted by atomic mass is 16.5. The Bertz CT molecular complexity index is 457. The summed E-state index contributed by atoms with van der Waals surface area (Å²) in [5.41, 5.74) is 3.64. The summed E-state index contributed by atoms with van der Waals surface area (Å²) in [7, 11) is 0. The van der Waals surface area contributed by atoms with Crippen molar-refractivity contribution >= 4 is 0 Å². The lowest BCUT2D eigenvalue weighted by Gasteiger charge is -2.10. The number of para-hydroxylation sites is 1. The van der Waals surface area contributed by atoms with E-state index < -0.39 is 0 Å². The van der Waals surface area contributed by atoms with Crippen LogP contribution in [0.3, 0.4) is 0 Å². The third-order valence-electron chi connectivity index (χ3n) is 2.55. The van der Waals surface area contributed by atoms with Crippen LogP contribution >= 0.6 is 0 Å². The van der Waals surface area contributed by atoms with Crippen LogP contribution in [-0.4, -0.2) is 6.61 Å². The molecule has 0 atom stereocenters. The van der Waals surface area contributed by atoms with E-state index in [4.69, 9.17) is 4.74 Å². The second-order valence-electron chi connectivity index (χ2n) is 3.80. The van der Waals surface area contributed by atoms with E-state index in [1.54, 1.807) is 0 Å². The van der Waals surface area contributed by atoms with Crippen molar-refractivity contribution < 1.29 is 4.74 Å². The molecule has 0 bridgehead atoms. The zero-order chi connectivity index (χ0) is 11.4. The molecule has 0 N–H and O–H groups in total. The van der Waals surface area contributed by atoms with E-state index in [0.29, 0.717) is 6.61 Å². The van der Waals surface area contributed by atoms with Crippen LogP contribution in [-0.2, 0) is 0 Å². The van der Waals surface area contributed by atoms with Gasteiger partial charge < -0.3 is 4.74 Å². The smallest absolute Gasteiger partial charge is 0.127 e. The van der Waals surface area contributed by atoms with Crippen LogP contribution in [0.5, 0.6) is 5.75 Å². The van der Waals surface area contributed by atoms with Gasteiger partial charge in [0.05, 0.1) is 6.61 Å². The number of ether oxygens (including phenoxy) is 1. The molecule has 0 saturated carbocycles. The minimum Gasteiger partial charge on any atom is -0.493 e. The summed E-state index contributed by atoms with van der Waals surface area (Å²) in [4.78, 5) is 0. The highest BCUT2D eigenvalue weighted by molar-refractivity contribution is 5.70. The molecule has 2 aromatic rings. The molecule has 1 nitrogen and oxygen atoms in total. The third-order valence-corrected chi connectivity index (χ3v) is 2.55. The molecule has 0 aliphatic carbocycles. The van der Waals surface area contributed by atoms with Crippen LogP contribution in [0.25, 0.3) is 11.1 Å². The lowest BCUT2D eigenvalue weighted by Crippen LogP contribution is -1.93. The van der Waals surface area contributed by atoms with Gasteiger partial charge in [-0.05, 0) is 25.5 Å². The Labute approximate surface area is 96.7 Å². The van der Waals surface area contributed by atoms with Crippen LogP contribution in [0.15, 0.2) is 48.5 Å². The van der Waals surface area contributed by atoms with Gasteiger partial charge in [-0.15, -0.1) is 0 Å². The Hall–Kier alpha value is -1.76. The monoisotopic (exact) mass is 212 g/mol. The average Bonchev–Trinajstić information content (AvgIpc) is 2.32. The fourth-order valence-corrected chi connectivity index (χ4v) is 1.72. The van der Waals surface area contributed by atoms with E-state index in [1.165, 1.54) is 11.1 Å². The van der Waals surface area contributed by atoms with Crippen molar-refractivity contribution in [2.24, 2.45) is 0 Å². The second kappa shape index (κ2) is 4.84. The van der Waals surface area contributed by atoms with Crippen LogP contribution in [0, 0.1) is 6.92 Å². The van der Waals surface area contributed by atoms with Gasteiger partial charge in [0, 0.05) is 5.56 Å². The van der Waals surface area contributed by atoms with Crippen molar-refractivity contribution in [2.45, 2.75) is 13.8 Å². The van der Waals surface area contributed by atoms with Crippen molar-refractivity contribution in [3.8, 4) is 16.9 Å². The van der Waals surface area contributed by atoms with Gasteiger partial charge >= 0.3 is 0 Å². The number of hydrogen-bond acceptors (Lipinski definition) is 1. The summed E-state index contributed by atoms with van der Waals surface area (Å²) in [5, 5.41) is 0. The summed E-state index contributed by atoms with van der Waals surface area (Å²) >= 11 is 0. The number of benzene rings is 2. The van der Waals surface area contributed by atoms with Crippen molar-refractivity contribution in [2.75, 3.05) is 6.61 Å². The third kappa shape index (κ3) is 2.25. The molecule has 2 aromatic carbocycles. The van der Waals surface area contributed by atoms with Crippen LogP contribution < -0.4 is 4.74 Å². The van der Waals surface area contributed by atoms with Gasteiger partial charge in [-0.3, -0.25) is 0 Å². The molecular weight excluding hydrogens is 196 g/mol. The molecule has 0 spiro atoms. The predicted octanol–water partition coefficient (Wildman–Crippen LogP) is 4.06. The maximum atomic E-state index is 5.62. The lowest BCUT2D eigenvalue weighted by atomic mass is 10.0. The summed E-state index contributed by atoms with van der Waals surface area (Å²) < 4.78 is 5.62. The Morgan fingerprint density at radius 1 is 0.938 bits per heavy atom. The molecule has 0 fully saturated rings. The molecule has 0 heterocycles. The molecule has 16 heavy (non-hydrogen) atoms. The topological polar surface area (TPSA) is 9.23 Å². The van der Waals surface area contributed by atoms with Crippen molar-refractivity contribution in [3.05, 3.63) is 54.1 Å². The molecule has 0 aromatic heterocycles. The molecular formula is C15H16O. The normalized spacial score (nSPS) is 10.1. The second-order valence-corrected chi connectivity index (χ2v) is 3.80. The van der Waals surface area contributed by atoms with Gasteiger partial charge in [0.25, 0.3) is 0 Å². The zero-order valence-electron chi connectivity index (χ0n) is 9.73. The molecule has 2 rings (SSSR count). The van der Waals surface area contributed by atoms with Gasteiger partial charge in [-0.25, -0.2) is 0 Å². The van der Waals surface area contributed by atoms with Crippen molar-refractivity contribution in [1.29, 1.82) is 0 Å². The summed E-state index contributed by atoms with van der Waals surface area (Å²) in [6.45, 7) is 4.80. The minimum absolute atomic E-state index is 0.697. The first kappa shape index (κ1) is 10.7. The summed E-state index contributed by atoms with van der Waals surface area (Å²) in [6.07, 6.45) is 0. The Morgan fingerprint density at radius 3 is 2.31 bits per heavy atom. The molecule has 82 valence electrons. The number of rotatable bonds is 3. The van der Waals surface area contributed by atoms with Gasteiger partial charge in [-0.1, -0.05) is 48.0 Å². The van der Waals surface area contributed by atoms with E-state index in [0.717, 1.165) is 11.3 Å². The van der Waals surface area contributed by atoms with Gasteiger partial charge in [-0.2, -0.15) is 0 Å². The fraction of sp³-hybridized carbons (Fsp3) is 0.200. The Morgan fingerprint density at radius 2 is 1.62 bits per heavy atom. The number of hydrogen-bond donors (Lipinski definition) is 0. The summed E-state index contributed by atoms with van der Waals surface area (Å²) in [6, 6.07) is 16.7. The zero-order valence-corrected chi connectivity index (χ0v) is 9.73. The fourth-order valence-electron chi connectivity index (χ4n) is 1.72. The van der Waals surface area contributed by atoms with Gasteiger partial charge in [0.1, 0.15) is 5.75 Å².